The zero-order valence-corrected chi connectivity index (χ0v) is 15.4. The lowest BCUT2D eigenvalue weighted by atomic mass is 10.2. The van der Waals surface area contributed by atoms with E-state index in [0.29, 0.717) is 4.96 Å². The minimum atomic E-state index is -3.67. The highest BCUT2D eigenvalue weighted by molar-refractivity contribution is 7.94. The lowest BCUT2D eigenvalue weighted by molar-refractivity contribution is 0.415. The number of sulfonamides is 1. The first kappa shape index (κ1) is 16.1. The smallest absolute Gasteiger partial charge is 0.273 e. The molecule has 128 valence electrons. The van der Waals surface area contributed by atoms with Crippen LogP contribution in [-0.4, -0.2) is 30.1 Å². The van der Waals surface area contributed by atoms with Crippen molar-refractivity contribution in [1.82, 2.24) is 14.6 Å². The van der Waals surface area contributed by atoms with Crippen LogP contribution in [0.4, 0.5) is 5.95 Å². The fourth-order valence-electron chi connectivity index (χ4n) is 2.29. The van der Waals surface area contributed by atoms with Crippen molar-refractivity contribution >= 4 is 43.6 Å². The number of rotatable bonds is 5. The van der Waals surface area contributed by atoms with E-state index in [0.717, 1.165) is 28.3 Å². The van der Waals surface area contributed by atoms with E-state index < -0.39 is 10.0 Å². The molecular weight excluding hydrogens is 380 g/mol. The third kappa shape index (κ3) is 2.99. The largest absolute Gasteiger partial charge is 0.497 e. The Hall–Kier alpha value is -2.43. The number of fused-ring (bicyclic) bond motifs is 1. The Morgan fingerprint density at radius 1 is 1.20 bits per heavy atom. The highest BCUT2D eigenvalue weighted by Gasteiger charge is 2.19. The molecule has 0 radical (unpaired) electrons. The van der Waals surface area contributed by atoms with Gasteiger partial charge in [-0.2, -0.15) is 4.98 Å². The highest BCUT2D eigenvalue weighted by Crippen LogP contribution is 2.29. The third-order valence-corrected chi connectivity index (χ3v) is 6.97. The van der Waals surface area contributed by atoms with Crippen molar-refractivity contribution in [2.75, 3.05) is 11.8 Å². The second-order valence-electron chi connectivity index (χ2n) is 5.02. The summed E-state index contributed by atoms with van der Waals surface area (Å²) in [5, 5.41) is 7.91. The van der Waals surface area contributed by atoms with Gasteiger partial charge in [-0.3, -0.25) is 0 Å². The summed E-state index contributed by atoms with van der Waals surface area (Å²) < 4.78 is 34.1. The molecule has 0 atom stereocenters. The Kier molecular flexibility index (Phi) is 3.94. The Balaban J connectivity index is 1.71. The van der Waals surface area contributed by atoms with E-state index in [1.54, 1.807) is 23.1 Å². The number of thiophene rings is 1. The minimum absolute atomic E-state index is 0.0457. The van der Waals surface area contributed by atoms with Crippen molar-refractivity contribution in [3.05, 3.63) is 47.2 Å². The summed E-state index contributed by atoms with van der Waals surface area (Å²) in [6.45, 7) is 0. The van der Waals surface area contributed by atoms with E-state index in [-0.39, 0.29) is 10.2 Å². The Morgan fingerprint density at radius 2 is 2.08 bits per heavy atom. The van der Waals surface area contributed by atoms with Gasteiger partial charge in [0.1, 0.15) is 9.96 Å². The number of nitrogens with one attached hydrogen (secondary N) is 1. The first-order valence-electron chi connectivity index (χ1n) is 7.12. The second-order valence-corrected chi connectivity index (χ2v) is 8.71. The fraction of sp³-hybridized carbons (Fsp3) is 0.0667. The van der Waals surface area contributed by atoms with Crippen LogP contribution < -0.4 is 9.46 Å². The molecule has 3 heterocycles. The number of hydrogen-bond acceptors (Lipinski definition) is 7. The van der Waals surface area contributed by atoms with Crippen LogP contribution in [0.1, 0.15) is 0 Å². The van der Waals surface area contributed by atoms with Gasteiger partial charge < -0.3 is 4.74 Å². The molecule has 0 aliphatic rings. The molecule has 3 aromatic heterocycles. The molecule has 0 bridgehead atoms. The van der Waals surface area contributed by atoms with Gasteiger partial charge in [-0.15, -0.1) is 27.8 Å². The first-order valence-corrected chi connectivity index (χ1v) is 10.4. The number of thiazole rings is 1. The van der Waals surface area contributed by atoms with Gasteiger partial charge in [0.05, 0.1) is 12.8 Å². The summed E-state index contributed by atoms with van der Waals surface area (Å²) in [5.74, 6) is 0.778. The molecule has 0 aliphatic heterocycles. The molecule has 0 aliphatic carbocycles. The van der Waals surface area contributed by atoms with Crippen LogP contribution in [0.3, 0.4) is 0 Å². The number of benzene rings is 1. The topological polar surface area (TPSA) is 85.6 Å². The number of anilines is 1. The van der Waals surface area contributed by atoms with Crippen LogP contribution >= 0.6 is 22.7 Å². The predicted octanol–water partition coefficient (Wildman–Crippen LogP) is 3.33. The van der Waals surface area contributed by atoms with E-state index in [1.807, 2.05) is 29.6 Å². The van der Waals surface area contributed by atoms with Crippen molar-refractivity contribution in [3.8, 4) is 17.0 Å². The molecule has 4 rings (SSSR count). The van der Waals surface area contributed by atoms with E-state index >= 15 is 0 Å². The summed E-state index contributed by atoms with van der Waals surface area (Å²) in [6.07, 6.45) is 0. The van der Waals surface area contributed by atoms with E-state index in [9.17, 15) is 8.42 Å². The van der Waals surface area contributed by atoms with Crippen molar-refractivity contribution in [1.29, 1.82) is 0 Å². The maximum absolute atomic E-state index is 12.3. The number of methoxy groups -OCH3 is 1. The zero-order valence-electron chi connectivity index (χ0n) is 12.9. The molecular formula is C15H12N4O3S3. The van der Waals surface area contributed by atoms with Gasteiger partial charge in [0.25, 0.3) is 16.0 Å². The molecule has 0 amide bonds. The monoisotopic (exact) mass is 392 g/mol. The molecule has 0 unspecified atom stereocenters. The van der Waals surface area contributed by atoms with E-state index in [1.165, 1.54) is 17.4 Å². The van der Waals surface area contributed by atoms with Gasteiger partial charge in [0.15, 0.2) is 0 Å². The average Bonchev–Trinajstić information content (AvgIpc) is 3.31. The highest BCUT2D eigenvalue weighted by atomic mass is 32.2. The van der Waals surface area contributed by atoms with Crippen LogP contribution in [-0.2, 0) is 10.0 Å². The van der Waals surface area contributed by atoms with Gasteiger partial charge in [0, 0.05) is 10.9 Å². The Bertz CT molecular complexity index is 1130. The van der Waals surface area contributed by atoms with Crippen LogP contribution in [0.5, 0.6) is 5.75 Å². The SMILES string of the molecule is COc1cccc(-c2csc3nc(NS(=O)(=O)c4cccs4)nn23)c1. The van der Waals surface area contributed by atoms with Gasteiger partial charge >= 0.3 is 0 Å². The Morgan fingerprint density at radius 3 is 2.84 bits per heavy atom. The molecule has 25 heavy (non-hydrogen) atoms. The average molecular weight is 392 g/mol. The quantitative estimate of drug-likeness (QED) is 0.563. The van der Waals surface area contributed by atoms with Gasteiger partial charge in [0.2, 0.25) is 4.96 Å². The van der Waals surface area contributed by atoms with Crippen LogP contribution in [0.2, 0.25) is 0 Å². The molecule has 4 aromatic rings. The fourth-order valence-corrected chi connectivity index (χ4v) is 5.06. The standard InChI is InChI=1S/C15H12N4O3S3/c1-22-11-5-2-4-10(8-11)12-9-24-15-16-14(17-19(12)15)18-25(20,21)13-6-3-7-23-13/h2-9H,1H3,(H,17,18). The lowest BCUT2D eigenvalue weighted by Crippen LogP contribution is -2.12. The molecule has 0 saturated heterocycles. The van der Waals surface area contributed by atoms with Crippen molar-refractivity contribution in [2.45, 2.75) is 4.21 Å². The first-order chi connectivity index (χ1) is 12.1. The Labute approximate surface area is 151 Å². The molecule has 0 saturated carbocycles. The van der Waals surface area contributed by atoms with Crippen LogP contribution in [0.15, 0.2) is 51.4 Å². The predicted molar refractivity (Wildman–Crippen MR) is 98.0 cm³/mol. The van der Waals surface area contributed by atoms with E-state index in [2.05, 4.69) is 14.8 Å². The summed E-state index contributed by atoms with van der Waals surface area (Å²) >= 11 is 2.52. The molecule has 0 spiro atoms. The molecule has 1 N–H and O–H groups in total. The summed E-state index contributed by atoms with van der Waals surface area (Å²) in [6, 6.07) is 10.8. The van der Waals surface area contributed by atoms with Gasteiger partial charge in [-0.05, 0) is 23.6 Å². The molecule has 1 aromatic carbocycles. The lowest BCUT2D eigenvalue weighted by Gasteiger charge is -2.03. The van der Waals surface area contributed by atoms with E-state index in [4.69, 9.17) is 4.74 Å². The summed E-state index contributed by atoms with van der Waals surface area (Å²) in [7, 11) is -2.06. The van der Waals surface area contributed by atoms with Gasteiger partial charge in [-0.25, -0.2) is 17.7 Å². The van der Waals surface area contributed by atoms with Crippen LogP contribution in [0, 0.1) is 0 Å². The molecule has 7 nitrogen and oxygen atoms in total. The third-order valence-electron chi connectivity index (χ3n) is 3.43. The van der Waals surface area contributed by atoms with Gasteiger partial charge in [-0.1, -0.05) is 18.2 Å². The maximum atomic E-state index is 12.3. The summed E-state index contributed by atoms with van der Waals surface area (Å²) in [5.41, 5.74) is 1.72. The zero-order chi connectivity index (χ0) is 17.4. The van der Waals surface area contributed by atoms with Crippen molar-refractivity contribution in [3.63, 3.8) is 0 Å². The maximum Gasteiger partial charge on any atom is 0.273 e. The molecule has 10 heteroatoms. The number of hydrogen-bond donors (Lipinski definition) is 1. The minimum Gasteiger partial charge on any atom is -0.497 e. The molecule has 0 fully saturated rings. The summed E-state index contributed by atoms with van der Waals surface area (Å²) in [4.78, 5) is 4.85. The second kappa shape index (κ2) is 6.14. The number of ether oxygens (including phenoxy) is 1. The van der Waals surface area contributed by atoms with Crippen LogP contribution in [0.25, 0.3) is 16.2 Å². The van der Waals surface area contributed by atoms with Crippen molar-refractivity contribution < 1.29 is 13.2 Å². The normalized spacial score (nSPS) is 11.7. The number of aromatic nitrogens is 3. The number of nitrogens with zero attached hydrogens (tertiary/aromatic N) is 3. The van der Waals surface area contributed by atoms with Crippen molar-refractivity contribution in [2.24, 2.45) is 0 Å².